The molecule has 0 radical (unpaired) electrons. The highest BCUT2D eigenvalue weighted by Gasteiger charge is 2.29. The molecule has 2 aliphatic heterocycles. The first-order valence-electron chi connectivity index (χ1n) is 21.6. The van der Waals surface area contributed by atoms with E-state index >= 15 is 0 Å². The van der Waals surface area contributed by atoms with Gasteiger partial charge in [-0.3, -0.25) is 24.6 Å². The van der Waals surface area contributed by atoms with Crippen LogP contribution in [-0.2, 0) is 27.0 Å². The molecule has 15 nitrogen and oxygen atoms in total. The number of hydrogen-bond acceptors (Lipinski definition) is 13. The lowest BCUT2D eigenvalue weighted by Crippen LogP contribution is -2.44. The average molecular weight is 937 g/mol. The molecule has 17 heteroatoms. The summed E-state index contributed by atoms with van der Waals surface area (Å²) in [6, 6.07) is 18.3. The van der Waals surface area contributed by atoms with E-state index in [0.29, 0.717) is 46.6 Å². The van der Waals surface area contributed by atoms with Crippen LogP contribution in [-0.4, -0.2) is 95.8 Å². The minimum absolute atomic E-state index is 0.225. The molecule has 2 aliphatic rings. The van der Waals surface area contributed by atoms with Gasteiger partial charge in [-0.1, -0.05) is 19.1 Å². The zero-order valence-electron chi connectivity index (χ0n) is 36.4. The van der Waals surface area contributed by atoms with Crippen molar-refractivity contribution in [1.82, 2.24) is 40.7 Å². The smallest absolute Gasteiger partial charge is 0.251 e. The Morgan fingerprint density at radius 3 is 2.51 bits per heavy atom. The van der Waals surface area contributed by atoms with E-state index in [0.717, 1.165) is 96.9 Å². The van der Waals surface area contributed by atoms with Crippen molar-refractivity contribution in [2.75, 3.05) is 68.7 Å². The van der Waals surface area contributed by atoms with Crippen LogP contribution in [0.5, 0.6) is 5.75 Å². The largest absolute Gasteiger partial charge is 0.494 e. The summed E-state index contributed by atoms with van der Waals surface area (Å²) in [6.07, 6.45) is 8.22. The molecule has 1 unspecified atom stereocenters. The first-order chi connectivity index (χ1) is 30.4. The number of anilines is 5. The number of carbonyl (C=O) groups excluding carboxylic acids is 2. The van der Waals surface area contributed by atoms with E-state index in [-0.39, 0.29) is 11.8 Å². The predicted molar refractivity (Wildman–Crippen MR) is 255 cm³/mol. The van der Waals surface area contributed by atoms with E-state index in [1.54, 1.807) is 31.3 Å². The lowest BCUT2D eigenvalue weighted by molar-refractivity contribution is -0.135. The summed E-state index contributed by atoms with van der Waals surface area (Å²) < 4.78 is 21.9. The molecular formula is C46H55BrN11O4P. The maximum atomic E-state index is 13.6. The molecule has 0 saturated carbocycles. The topological polar surface area (TPSA) is 180 Å². The molecule has 3 aromatic carbocycles. The van der Waals surface area contributed by atoms with E-state index in [1.165, 1.54) is 16.8 Å². The Kier molecular flexibility index (Phi) is 13.4. The van der Waals surface area contributed by atoms with Gasteiger partial charge in [0.15, 0.2) is 0 Å². The van der Waals surface area contributed by atoms with Gasteiger partial charge >= 0.3 is 0 Å². The first-order valence-corrected chi connectivity index (χ1v) is 25.0. The number of aryl methyl sites for hydroxylation is 2. The molecule has 2 fully saturated rings. The summed E-state index contributed by atoms with van der Waals surface area (Å²) in [5.74, 6) is 1.12. The summed E-state index contributed by atoms with van der Waals surface area (Å²) in [6.45, 7) is 12.2. The van der Waals surface area contributed by atoms with Gasteiger partial charge < -0.3 is 35.5 Å². The summed E-state index contributed by atoms with van der Waals surface area (Å²) in [5.41, 5.74) is 7.62. The van der Waals surface area contributed by atoms with Crippen LogP contribution in [0.2, 0.25) is 0 Å². The van der Waals surface area contributed by atoms with Crippen LogP contribution in [0, 0.1) is 6.92 Å². The molecule has 0 spiro atoms. The molecule has 6 aromatic rings. The van der Waals surface area contributed by atoms with Crippen LogP contribution < -0.4 is 41.5 Å². The SMILES string of the molecule is CCc1cc(Nc2ncc(Br)c(Nc3ccc4nc(C)ccc4c3P(C)(C)=O)n2)c(OC)cc1N1CCC(NCCNCCc2ccc3nn(C4CCC(=O)NC4=O)cc3c2)CC1. The Balaban J connectivity index is 0.834. The molecule has 2 amide bonds. The number of nitrogens with one attached hydrogen (secondary N) is 5. The second kappa shape index (κ2) is 19.1. The van der Waals surface area contributed by atoms with Gasteiger partial charge in [-0.25, -0.2) is 4.98 Å². The number of methoxy groups -OCH3 is 1. The monoisotopic (exact) mass is 935 g/mol. The lowest BCUT2D eigenvalue weighted by Gasteiger charge is -2.35. The molecule has 3 aromatic heterocycles. The van der Waals surface area contributed by atoms with Crippen molar-refractivity contribution in [3.63, 3.8) is 0 Å². The number of aromatic nitrogens is 5. The van der Waals surface area contributed by atoms with Gasteiger partial charge in [0.2, 0.25) is 11.9 Å². The van der Waals surface area contributed by atoms with Crippen LogP contribution in [0.1, 0.15) is 55.5 Å². The van der Waals surface area contributed by atoms with Crippen LogP contribution in [0.25, 0.3) is 21.8 Å². The number of hydrogen-bond donors (Lipinski definition) is 5. The number of rotatable bonds is 16. The lowest BCUT2D eigenvalue weighted by atomic mass is 10.0. The van der Waals surface area contributed by atoms with E-state index in [1.807, 2.05) is 43.5 Å². The fraction of sp³-hybridized carbons (Fsp3) is 0.391. The molecule has 63 heavy (non-hydrogen) atoms. The Morgan fingerprint density at radius 1 is 0.937 bits per heavy atom. The Bertz CT molecular complexity index is 2710. The molecule has 5 heterocycles. The number of halogens is 1. The van der Waals surface area contributed by atoms with Gasteiger partial charge in [0.1, 0.15) is 24.8 Å². The summed E-state index contributed by atoms with van der Waals surface area (Å²) >= 11 is 3.62. The van der Waals surface area contributed by atoms with Crippen molar-refractivity contribution in [3.05, 3.63) is 88.3 Å². The molecule has 2 saturated heterocycles. The normalized spacial score (nSPS) is 16.2. The van der Waals surface area contributed by atoms with Crippen molar-refractivity contribution >= 4 is 90.8 Å². The number of benzene rings is 3. The van der Waals surface area contributed by atoms with Crippen LogP contribution in [0.3, 0.4) is 0 Å². The molecule has 0 bridgehead atoms. The third-order valence-electron chi connectivity index (χ3n) is 11.8. The second-order valence-electron chi connectivity index (χ2n) is 16.7. The maximum absolute atomic E-state index is 13.6. The van der Waals surface area contributed by atoms with E-state index in [4.69, 9.17) is 9.72 Å². The fourth-order valence-corrected chi connectivity index (χ4v) is 10.4. The number of pyridine rings is 1. The average Bonchev–Trinajstić information content (AvgIpc) is 3.69. The maximum Gasteiger partial charge on any atom is 0.251 e. The minimum atomic E-state index is -2.72. The number of ether oxygens (including phenoxy) is 1. The summed E-state index contributed by atoms with van der Waals surface area (Å²) in [5, 5.41) is 23.8. The third-order valence-corrected chi connectivity index (χ3v) is 14.0. The van der Waals surface area contributed by atoms with Crippen LogP contribution in [0.15, 0.2) is 71.5 Å². The first kappa shape index (κ1) is 44.2. The van der Waals surface area contributed by atoms with Crippen molar-refractivity contribution < 1.29 is 18.9 Å². The van der Waals surface area contributed by atoms with Crippen molar-refractivity contribution in [2.24, 2.45) is 0 Å². The van der Waals surface area contributed by atoms with Gasteiger partial charge in [-0.2, -0.15) is 10.1 Å². The van der Waals surface area contributed by atoms with Gasteiger partial charge in [0.05, 0.1) is 34.0 Å². The number of imide groups is 1. The van der Waals surface area contributed by atoms with E-state index in [9.17, 15) is 14.2 Å². The molecule has 330 valence electrons. The molecule has 8 rings (SSSR count). The van der Waals surface area contributed by atoms with Crippen LogP contribution in [0.4, 0.5) is 28.8 Å². The Morgan fingerprint density at radius 2 is 1.75 bits per heavy atom. The highest BCUT2D eigenvalue weighted by Crippen LogP contribution is 2.42. The predicted octanol–water partition coefficient (Wildman–Crippen LogP) is 7.12. The molecule has 5 N–H and O–H groups in total. The molecule has 0 aliphatic carbocycles. The number of nitrogens with zero attached hydrogens (tertiary/aromatic N) is 6. The number of fused-ring (bicyclic) bond motifs is 2. The van der Waals surface area contributed by atoms with E-state index in [2.05, 4.69) is 93.7 Å². The fourth-order valence-electron chi connectivity index (χ4n) is 8.58. The second-order valence-corrected chi connectivity index (χ2v) is 20.7. The van der Waals surface area contributed by atoms with Gasteiger partial charge in [0.25, 0.3) is 5.91 Å². The molecule has 1 atom stereocenters. The van der Waals surface area contributed by atoms with Crippen molar-refractivity contribution in [1.29, 1.82) is 0 Å². The number of amides is 2. The van der Waals surface area contributed by atoms with Crippen molar-refractivity contribution in [3.8, 4) is 5.75 Å². The zero-order valence-corrected chi connectivity index (χ0v) is 38.9. The zero-order chi connectivity index (χ0) is 44.3. The van der Waals surface area contributed by atoms with Gasteiger partial charge in [0, 0.05) is 84.6 Å². The summed E-state index contributed by atoms with van der Waals surface area (Å²) in [4.78, 5) is 40.4. The highest BCUT2D eigenvalue weighted by molar-refractivity contribution is 9.10. The van der Waals surface area contributed by atoms with Gasteiger partial charge in [-0.05, 0) is 122 Å². The summed E-state index contributed by atoms with van der Waals surface area (Å²) in [7, 11) is -1.04. The Hall–Kier alpha value is -5.41. The Labute approximate surface area is 376 Å². The quantitative estimate of drug-likeness (QED) is 0.0377. The van der Waals surface area contributed by atoms with Crippen LogP contribution >= 0.6 is 23.1 Å². The standard InChI is InChI=1S/C46H55BrN11O4P/c1-6-30-24-38(53-46-50-26-34(47)44(55-46)52-37-12-11-36-33(9-7-28(2)51-36)43(37)63(4,5)61)41(62-3)25-40(30)57-21-16-32(17-22-57)49-20-19-48-18-15-29-8-10-35-31(23-29)27-58(56-35)39-13-14-42(59)54-45(39)60/h7-12,23-27,32,39,48-49H,6,13-22H2,1-5H3,(H,54,59,60)(H2,50,52,53,55). The number of carbonyl (C=O) groups is 2. The van der Waals surface area contributed by atoms with Gasteiger partial charge in [-0.15, -0.1) is 0 Å². The van der Waals surface area contributed by atoms with E-state index < -0.39 is 13.2 Å². The number of piperidine rings is 2. The molecular weight excluding hydrogens is 881 g/mol. The van der Waals surface area contributed by atoms with Crippen molar-refractivity contribution in [2.45, 2.75) is 64.5 Å². The third kappa shape index (κ3) is 10.2. The highest BCUT2D eigenvalue weighted by atomic mass is 79.9. The minimum Gasteiger partial charge on any atom is -0.494 e.